The van der Waals surface area contributed by atoms with Crippen LogP contribution in [0.2, 0.25) is 5.02 Å². The van der Waals surface area contributed by atoms with Gasteiger partial charge in [-0.1, -0.05) is 23.7 Å². The molecule has 1 atom stereocenters. The average Bonchev–Trinajstić information content (AvgIpc) is 2.39. The monoisotopic (exact) mass is 306 g/mol. The molecule has 1 aromatic carbocycles. The van der Waals surface area contributed by atoms with E-state index >= 15 is 0 Å². The Morgan fingerprint density at radius 3 is 2.60 bits per heavy atom. The molecule has 1 fully saturated rings. The van der Waals surface area contributed by atoms with Crippen LogP contribution in [0.4, 0.5) is 13.2 Å². The zero-order chi connectivity index (χ0) is 14.6. The smallest absolute Gasteiger partial charge is 0.305 e. The summed E-state index contributed by atoms with van der Waals surface area (Å²) in [5.74, 6) is 0. The van der Waals surface area contributed by atoms with E-state index in [0.29, 0.717) is 11.6 Å². The maximum absolute atomic E-state index is 12.2. The first-order valence-electron chi connectivity index (χ1n) is 6.69. The predicted octanol–water partition coefficient (Wildman–Crippen LogP) is 3.46. The third-order valence-electron chi connectivity index (χ3n) is 3.42. The largest absolute Gasteiger partial charge is 0.401 e. The number of alkyl halides is 3. The van der Waals surface area contributed by atoms with E-state index in [1.165, 1.54) is 0 Å². The fourth-order valence-corrected chi connectivity index (χ4v) is 2.60. The molecule has 1 aliphatic heterocycles. The summed E-state index contributed by atoms with van der Waals surface area (Å²) in [5, 5.41) is 3.29. The van der Waals surface area contributed by atoms with Crippen molar-refractivity contribution < 1.29 is 13.2 Å². The summed E-state index contributed by atoms with van der Waals surface area (Å²) in [6, 6.07) is 7.49. The minimum absolute atomic E-state index is 0.0855. The first kappa shape index (κ1) is 15.6. The van der Waals surface area contributed by atoms with Gasteiger partial charge in [0.2, 0.25) is 0 Å². The van der Waals surface area contributed by atoms with Crippen molar-refractivity contribution in [1.29, 1.82) is 0 Å². The second-order valence-corrected chi connectivity index (χ2v) is 5.63. The number of nitrogens with zero attached hydrogens (tertiary/aromatic N) is 1. The van der Waals surface area contributed by atoms with E-state index in [-0.39, 0.29) is 6.04 Å². The molecule has 1 aromatic rings. The van der Waals surface area contributed by atoms with Crippen LogP contribution in [0.15, 0.2) is 24.3 Å². The van der Waals surface area contributed by atoms with Crippen LogP contribution >= 0.6 is 11.6 Å². The number of likely N-dealkylation sites (tertiary alicyclic amines) is 1. The SMILES string of the molecule is FC(F)(F)CNC1CCCN(Cc2ccc(Cl)cc2)C1. The summed E-state index contributed by atoms with van der Waals surface area (Å²) in [6.07, 6.45) is -2.42. The van der Waals surface area contributed by atoms with Crippen LogP contribution in [0.3, 0.4) is 0 Å². The van der Waals surface area contributed by atoms with Crippen molar-refractivity contribution >= 4 is 11.6 Å². The third kappa shape index (κ3) is 5.31. The van der Waals surface area contributed by atoms with Gasteiger partial charge < -0.3 is 5.32 Å². The van der Waals surface area contributed by atoms with Crippen molar-refractivity contribution in [1.82, 2.24) is 10.2 Å². The van der Waals surface area contributed by atoms with Crippen LogP contribution < -0.4 is 5.32 Å². The van der Waals surface area contributed by atoms with Crippen molar-refractivity contribution in [3.8, 4) is 0 Å². The Morgan fingerprint density at radius 2 is 1.95 bits per heavy atom. The molecular weight excluding hydrogens is 289 g/mol. The third-order valence-corrected chi connectivity index (χ3v) is 3.67. The summed E-state index contributed by atoms with van der Waals surface area (Å²) in [6.45, 7) is 1.42. The lowest BCUT2D eigenvalue weighted by atomic mass is 10.0. The molecule has 1 saturated heterocycles. The highest BCUT2D eigenvalue weighted by molar-refractivity contribution is 6.30. The Hall–Kier alpha value is -0.780. The summed E-state index contributed by atoms with van der Waals surface area (Å²) in [5.41, 5.74) is 1.13. The van der Waals surface area contributed by atoms with Crippen LogP contribution in [0.5, 0.6) is 0 Å². The van der Waals surface area contributed by atoms with Gasteiger partial charge in [0.15, 0.2) is 0 Å². The Bertz CT molecular complexity index is 419. The molecule has 1 heterocycles. The maximum Gasteiger partial charge on any atom is 0.401 e. The molecule has 0 aromatic heterocycles. The molecule has 1 unspecified atom stereocenters. The van der Waals surface area contributed by atoms with E-state index in [9.17, 15) is 13.2 Å². The summed E-state index contributed by atoms with van der Waals surface area (Å²) >= 11 is 5.83. The maximum atomic E-state index is 12.2. The average molecular weight is 307 g/mol. The topological polar surface area (TPSA) is 15.3 Å². The quantitative estimate of drug-likeness (QED) is 0.916. The van der Waals surface area contributed by atoms with Crippen molar-refractivity contribution in [2.45, 2.75) is 31.6 Å². The number of piperidine rings is 1. The minimum atomic E-state index is -4.14. The highest BCUT2D eigenvalue weighted by atomic mass is 35.5. The van der Waals surface area contributed by atoms with Crippen LogP contribution in [0.25, 0.3) is 0 Å². The molecule has 2 rings (SSSR count). The number of benzene rings is 1. The second kappa shape index (κ2) is 6.78. The van der Waals surface area contributed by atoms with Gasteiger partial charge in [0.1, 0.15) is 0 Å². The number of hydrogen-bond donors (Lipinski definition) is 1. The van der Waals surface area contributed by atoms with Crippen molar-refractivity contribution in [2.24, 2.45) is 0 Å². The number of hydrogen-bond acceptors (Lipinski definition) is 2. The highest BCUT2D eigenvalue weighted by Crippen LogP contribution is 2.17. The lowest BCUT2D eigenvalue weighted by Gasteiger charge is -2.33. The van der Waals surface area contributed by atoms with Gasteiger partial charge in [-0.15, -0.1) is 0 Å². The van der Waals surface area contributed by atoms with Crippen LogP contribution in [0, 0.1) is 0 Å². The lowest BCUT2D eigenvalue weighted by molar-refractivity contribution is -0.127. The molecule has 0 aliphatic carbocycles. The molecule has 1 aliphatic rings. The highest BCUT2D eigenvalue weighted by Gasteiger charge is 2.29. The first-order valence-corrected chi connectivity index (χ1v) is 7.07. The van der Waals surface area contributed by atoms with E-state index in [4.69, 9.17) is 11.6 Å². The zero-order valence-electron chi connectivity index (χ0n) is 11.1. The molecule has 0 spiro atoms. The molecule has 0 saturated carbocycles. The molecule has 6 heteroatoms. The number of nitrogens with one attached hydrogen (secondary N) is 1. The lowest BCUT2D eigenvalue weighted by Crippen LogP contribution is -2.47. The molecule has 2 nitrogen and oxygen atoms in total. The fraction of sp³-hybridized carbons (Fsp3) is 0.571. The predicted molar refractivity (Wildman–Crippen MR) is 73.8 cm³/mol. The number of rotatable bonds is 4. The van der Waals surface area contributed by atoms with Gasteiger partial charge >= 0.3 is 6.18 Å². The molecule has 1 N–H and O–H groups in total. The normalized spacial score (nSPS) is 21.1. The van der Waals surface area contributed by atoms with Crippen molar-refractivity contribution in [3.63, 3.8) is 0 Å². The van der Waals surface area contributed by atoms with E-state index in [0.717, 1.165) is 31.5 Å². The van der Waals surface area contributed by atoms with E-state index in [2.05, 4.69) is 10.2 Å². The Morgan fingerprint density at radius 1 is 1.25 bits per heavy atom. The second-order valence-electron chi connectivity index (χ2n) is 5.20. The van der Waals surface area contributed by atoms with Gasteiger partial charge in [-0.05, 0) is 37.1 Å². The minimum Gasteiger partial charge on any atom is -0.305 e. The summed E-state index contributed by atoms with van der Waals surface area (Å²) < 4.78 is 36.6. The van der Waals surface area contributed by atoms with Crippen LogP contribution in [-0.2, 0) is 6.54 Å². The Balaban J connectivity index is 1.82. The summed E-state index contributed by atoms with van der Waals surface area (Å²) in [7, 11) is 0. The van der Waals surface area contributed by atoms with E-state index in [1.54, 1.807) is 0 Å². The Kier molecular flexibility index (Phi) is 5.29. The first-order chi connectivity index (χ1) is 9.42. The van der Waals surface area contributed by atoms with Gasteiger partial charge in [0.05, 0.1) is 6.54 Å². The molecule has 20 heavy (non-hydrogen) atoms. The van der Waals surface area contributed by atoms with Gasteiger partial charge in [0.25, 0.3) is 0 Å². The summed E-state index contributed by atoms with van der Waals surface area (Å²) in [4.78, 5) is 2.18. The van der Waals surface area contributed by atoms with Gasteiger partial charge in [-0.3, -0.25) is 4.90 Å². The zero-order valence-corrected chi connectivity index (χ0v) is 11.8. The van der Waals surface area contributed by atoms with Gasteiger partial charge in [-0.2, -0.15) is 13.2 Å². The van der Waals surface area contributed by atoms with Crippen molar-refractivity contribution in [2.75, 3.05) is 19.6 Å². The van der Waals surface area contributed by atoms with Gasteiger partial charge in [0, 0.05) is 24.2 Å². The van der Waals surface area contributed by atoms with Crippen LogP contribution in [0.1, 0.15) is 18.4 Å². The molecule has 0 radical (unpaired) electrons. The standard InChI is InChI=1S/C14H18ClF3N2/c15-12-5-3-11(4-6-12)8-20-7-1-2-13(9-20)19-10-14(16,17)18/h3-6,13,19H,1-2,7-10H2. The number of halogens is 4. The van der Waals surface area contributed by atoms with E-state index < -0.39 is 12.7 Å². The Labute approximate surface area is 121 Å². The van der Waals surface area contributed by atoms with E-state index in [1.807, 2.05) is 24.3 Å². The van der Waals surface area contributed by atoms with Gasteiger partial charge in [-0.25, -0.2) is 0 Å². The van der Waals surface area contributed by atoms with Crippen LogP contribution in [-0.4, -0.2) is 36.8 Å². The molecular formula is C14H18ClF3N2. The molecule has 112 valence electrons. The molecule has 0 bridgehead atoms. The fourth-order valence-electron chi connectivity index (χ4n) is 2.47. The molecule has 0 amide bonds. The van der Waals surface area contributed by atoms with Crippen molar-refractivity contribution in [3.05, 3.63) is 34.9 Å².